The zero-order valence-corrected chi connectivity index (χ0v) is 21.6. The summed E-state index contributed by atoms with van der Waals surface area (Å²) in [5.41, 5.74) is 2.17. The van der Waals surface area contributed by atoms with Crippen molar-refractivity contribution >= 4 is 27.5 Å². The highest BCUT2D eigenvalue weighted by Crippen LogP contribution is 2.29. The fourth-order valence-electron chi connectivity index (χ4n) is 3.70. The maximum Gasteiger partial charge on any atom is 0.244 e. The first-order valence-corrected chi connectivity index (χ1v) is 13.6. The molecule has 0 aromatic heterocycles. The summed E-state index contributed by atoms with van der Waals surface area (Å²) in [6.45, 7) is 8.01. The van der Waals surface area contributed by atoms with E-state index in [1.54, 1.807) is 19.1 Å². The van der Waals surface area contributed by atoms with Crippen molar-refractivity contribution in [1.82, 2.24) is 10.2 Å². The van der Waals surface area contributed by atoms with Gasteiger partial charge in [0.2, 0.25) is 21.8 Å². The van der Waals surface area contributed by atoms with Gasteiger partial charge in [-0.3, -0.25) is 13.9 Å². The summed E-state index contributed by atoms with van der Waals surface area (Å²) in [4.78, 5) is 27.8. The van der Waals surface area contributed by atoms with Crippen LogP contribution in [0.3, 0.4) is 0 Å². The Morgan fingerprint density at radius 3 is 2.18 bits per heavy atom. The third-order valence-electron chi connectivity index (χ3n) is 5.70. The molecular weight excluding hydrogens is 450 g/mol. The van der Waals surface area contributed by atoms with E-state index in [9.17, 15) is 18.0 Å². The van der Waals surface area contributed by atoms with Crippen LogP contribution in [-0.4, -0.2) is 50.5 Å². The predicted molar refractivity (Wildman–Crippen MR) is 137 cm³/mol. The molecule has 1 unspecified atom stereocenters. The molecule has 2 amide bonds. The molecule has 0 aliphatic carbocycles. The van der Waals surface area contributed by atoms with Gasteiger partial charge in [-0.05, 0) is 36.5 Å². The van der Waals surface area contributed by atoms with Crippen molar-refractivity contribution in [3.63, 3.8) is 0 Å². The number of para-hydroxylation sites is 1. The van der Waals surface area contributed by atoms with Crippen molar-refractivity contribution < 1.29 is 18.0 Å². The lowest BCUT2D eigenvalue weighted by molar-refractivity contribution is -0.139. The van der Waals surface area contributed by atoms with Crippen molar-refractivity contribution in [3.8, 4) is 0 Å². The molecule has 1 N–H and O–H groups in total. The van der Waals surface area contributed by atoms with E-state index in [1.165, 1.54) is 4.90 Å². The molecule has 0 spiro atoms. The van der Waals surface area contributed by atoms with Gasteiger partial charge in [-0.25, -0.2) is 8.42 Å². The molecule has 34 heavy (non-hydrogen) atoms. The molecular formula is C26H37N3O4S. The van der Waals surface area contributed by atoms with Gasteiger partial charge in [-0.2, -0.15) is 0 Å². The van der Waals surface area contributed by atoms with Crippen molar-refractivity contribution in [2.24, 2.45) is 0 Å². The number of unbranched alkanes of at least 4 members (excludes halogenated alkanes) is 1. The molecule has 2 aromatic carbocycles. The van der Waals surface area contributed by atoms with E-state index in [1.807, 2.05) is 63.2 Å². The minimum Gasteiger partial charge on any atom is -0.354 e. The summed E-state index contributed by atoms with van der Waals surface area (Å²) < 4.78 is 26.7. The van der Waals surface area contributed by atoms with E-state index < -0.39 is 22.0 Å². The third kappa shape index (κ3) is 7.58. The van der Waals surface area contributed by atoms with Gasteiger partial charge in [-0.15, -0.1) is 0 Å². The zero-order valence-electron chi connectivity index (χ0n) is 20.8. The van der Waals surface area contributed by atoms with E-state index >= 15 is 0 Å². The largest absolute Gasteiger partial charge is 0.354 e. The first-order chi connectivity index (χ1) is 16.1. The molecule has 0 aliphatic rings. The number of carbonyl (C=O) groups excluding carboxylic acids is 2. The second-order valence-electron chi connectivity index (χ2n) is 8.81. The maximum atomic E-state index is 13.6. The molecule has 0 heterocycles. The molecule has 0 saturated carbocycles. The third-order valence-corrected chi connectivity index (χ3v) is 6.83. The van der Waals surface area contributed by atoms with Gasteiger partial charge in [0.1, 0.15) is 12.6 Å². The summed E-state index contributed by atoms with van der Waals surface area (Å²) in [6, 6.07) is 15.8. The van der Waals surface area contributed by atoms with E-state index in [0.717, 1.165) is 34.5 Å². The fourth-order valence-corrected chi connectivity index (χ4v) is 4.56. The lowest BCUT2D eigenvalue weighted by atomic mass is 10.0. The van der Waals surface area contributed by atoms with Crippen LogP contribution in [-0.2, 0) is 26.2 Å². The molecule has 7 nitrogen and oxygen atoms in total. The minimum atomic E-state index is -3.75. The number of hydrogen-bond acceptors (Lipinski definition) is 4. The van der Waals surface area contributed by atoms with Gasteiger partial charge in [-0.1, -0.05) is 75.7 Å². The quantitative estimate of drug-likeness (QED) is 0.460. The van der Waals surface area contributed by atoms with Crippen LogP contribution >= 0.6 is 0 Å². The number of sulfonamides is 1. The maximum absolute atomic E-state index is 13.6. The Bertz CT molecular complexity index is 1050. The normalized spacial score (nSPS) is 12.3. The lowest BCUT2D eigenvalue weighted by Gasteiger charge is -2.32. The molecule has 0 bridgehead atoms. The Balaban J connectivity index is 2.39. The van der Waals surface area contributed by atoms with Crippen molar-refractivity contribution in [1.29, 1.82) is 0 Å². The van der Waals surface area contributed by atoms with Gasteiger partial charge in [0.25, 0.3) is 0 Å². The molecule has 2 rings (SSSR count). The average molecular weight is 488 g/mol. The van der Waals surface area contributed by atoms with Crippen LogP contribution in [0, 0.1) is 0 Å². The molecule has 0 radical (unpaired) electrons. The summed E-state index contributed by atoms with van der Waals surface area (Å²) in [6.07, 6.45) is 2.89. The molecule has 2 aromatic rings. The van der Waals surface area contributed by atoms with Crippen molar-refractivity contribution in [2.75, 3.05) is 23.7 Å². The Hall–Kier alpha value is -2.87. The molecule has 0 saturated heterocycles. The minimum absolute atomic E-state index is 0.0687. The van der Waals surface area contributed by atoms with Crippen LogP contribution < -0.4 is 9.62 Å². The average Bonchev–Trinajstić information content (AvgIpc) is 2.80. The van der Waals surface area contributed by atoms with E-state index in [2.05, 4.69) is 5.32 Å². The van der Waals surface area contributed by atoms with Crippen LogP contribution in [0.4, 0.5) is 5.69 Å². The van der Waals surface area contributed by atoms with Crippen LogP contribution in [0.15, 0.2) is 54.6 Å². The van der Waals surface area contributed by atoms with E-state index in [0.29, 0.717) is 12.2 Å². The Labute approximate surface area is 204 Å². The topological polar surface area (TPSA) is 86.8 Å². The SMILES string of the molecule is CCCCNC(=O)C(C)N(Cc1ccccc1)C(=O)CN(c1ccccc1C(C)C)S(C)(=O)=O. The van der Waals surface area contributed by atoms with Gasteiger partial charge in [0, 0.05) is 13.1 Å². The smallest absolute Gasteiger partial charge is 0.244 e. The number of hydrogen-bond donors (Lipinski definition) is 1. The summed E-state index contributed by atoms with van der Waals surface area (Å²) in [5, 5.41) is 2.88. The van der Waals surface area contributed by atoms with Crippen molar-refractivity contribution in [2.45, 2.75) is 59.0 Å². The Morgan fingerprint density at radius 1 is 0.971 bits per heavy atom. The van der Waals surface area contributed by atoms with Gasteiger partial charge >= 0.3 is 0 Å². The molecule has 0 fully saturated rings. The molecule has 186 valence electrons. The monoisotopic (exact) mass is 487 g/mol. The first-order valence-electron chi connectivity index (χ1n) is 11.7. The molecule has 0 aliphatic heterocycles. The number of nitrogens with one attached hydrogen (secondary N) is 1. The van der Waals surface area contributed by atoms with E-state index in [-0.39, 0.29) is 24.9 Å². The van der Waals surface area contributed by atoms with E-state index in [4.69, 9.17) is 0 Å². The second-order valence-corrected chi connectivity index (χ2v) is 10.7. The van der Waals surface area contributed by atoms with Crippen LogP contribution in [0.5, 0.6) is 0 Å². The zero-order chi connectivity index (χ0) is 25.3. The van der Waals surface area contributed by atoms with Gasteiger partial charge < -0.3 is 10.2 Å². The standard InChI is InChI=1S/C26H37N3O4S/c1-6-7-17-27-26(31)21(4)28(18-22-13-9-8-10-14-22)25(30)19-29(34(5,32)33)24-16-12-11-15-23(24)20(2)3/h8-16,20-21H,6-7,17-19H2,1-5H3,(H,27,31). The number of carbonyl (C=O) groups is 2. The number of amides is 2. The highest BCUT2D eigenvalue weighted by atomic mass is 32.2. The first kappa shape index (κ1) is 27.4. The highest BCUT2D eigenvalue weighted by molar-refractivity contribution is 7.92. The Morgan fingerprint density at radius 2 is 1.59 bits per heavy atom. The van der Waals surface area contributed by atoms with Crippen LogP contribution in [0.25, 0.3) is 0 Å². The van der Waals surface area contributed by atoms with Crippen molar-refractivity contribution in [3.05, 3.63) is 65.7 Å². The summed E-state index contributed by atoms with van der Waals surface area (Å²) in [5.74, 6) is -0.628. The number of anilines is 1. The predicted octanol–water partition coefficient (Wildman–Crippen LogP) is 3.91. The molecule has 1 atom stereocenters. The summed E-state index contributed by atoms with van der Waals surface area (Å²) >= 11 is 0. The highest BCUT2D eigenvalue weighted by Gasteiger charge is 2.30. The van der Waals surface area contributed by atoms with Crippen LogP contribution in [0.2, 0.25) is 0 Å². The fraction of sp³-hybridized carbons (Fsp3) is 0.462. The second kappa shape index (κ2) is 12.6. The number of rotatable bonds is 12. The van der Waals surface area contributed by atoms with Crippen LogP contribution in [0.1, 0.15) is 57.6 Å². The molecule has 8 heteroatoms. The Kier molecular flexibility index (Phi) is 10.1. The number of benzene rings is 2. The number of nitrogens with zero attached hydrogens (tertiary/aromatic N) is 2. The van der Waals surface area contributed by atoms with Gasteiger partial charge in [0.05, 0.1) is 11.9 Å². The van der Waals surface area contributed by atoms with Gasteiger partial charge in [0.15, 0.2) is 0 Å². The lowest BCUT2D eigenvalue weighted by Crippen LogP contribution is -2.51. The summed E-state index contributed by atoms with van der Waals surface area (Å²) in [7, 11) is -3.75.